The first-order valence-corrected chi connectivity index (χ1v) is 4.85. The van der Waals surface area contributed by atoms with Gasteiger partial charge < -0.3 is 20.3 Å². The topological polar surface area (TPSA) is 110 Å². The summed E-state index contributed by atoms with van der Waals surface area (Å²) >= 11 is 0. The minimum absolute atomic E-state index is 0.380. The average Bonchev–Trinajstić information content (AvgIpc) is 2.51. The number of nitrogens with one attached hydrogen (secondary N) is 1. The number of aromatic amines is 1. The van der Waals surface area contributed by atoms with Crippen molar-refractivity contribution in [2.24, 2.45) is 0 Å². The summed E-state index contributed by atoms with van der Waals surface area (Å²) in [5.74, 6) is 0. The summed E-state index contributed by atoms with van der Waals surface area (Å²) in [7, 11) is -1.41. The molecule has 0 saturated heterocycles. The number of aromatic nitrogens is 2. The SMILES string of the molecule is CC(C)(O)C(C)(C)O.OB(O)c1cn[nH]c1. The minimum atomic E-state index is -1.41. The number of hydrogen-bond donors (Lipinski definition) is 5. The van der Waals surface area contributed by atoms with E-state index in [0.717, 1.165) is 0 Å². The molecule has 16 heavy (non-hydrogen) atoms. The van der Waals surface area contributed by atoms with Gasteiger partial charge >= 0.3 is 7.12 Å². The van der Waals surface area contributed by atoms with Crippen LogP contribution in [0.15, 0.2) is 12.4 Å². The van der Waals surface area contributed by atoms with Crippen molar-refractivity contribution in [1.29, 1.82) is 0 Å². The van der Waals surface area contributed by atoms with Gasteiger partial charge in [0, 0.05) is 17.9 Å². The van der Waals surface area contributed by atoms with E-state index in [4.69, 9.17) is 20.3 Å². The van der Waals surface area contributed by atoms with Gasteiger partial charge in [0.1, 0.15) is 0 Å². The van der Waals surface area contributed by atoms with Crippen molar-refractivity contribution in [1.82, 2.24) is 10.2 Å². The first-order valence-electron chi connectivity index (χ1n) is 4.85. The van der Waals surface area contributed by atoms with E-state index in [1.54, 1.807) is 27.7 Å². The molecule has 0 aromatic carbocycles. The normalized spacial score (nSPS) is 11.8. The standard InChI is InChI=1S/C6H14O2.C3H5BN2O2/c1-5(2,7)6(3,4)8;7-4(8)3-1-5-6-2-3/h7-8H,1-4H3;1-2,7-8H,(H,5,6). The molecule has 1 aromatic heterocycles. The van der Waals surface area contributed by atoms with E-state index in [2.05, 4.69) is 10.2 Å². The van der Waals surface area contributed by atoms with Crippen LogP contribution in [0, 0.1) is 0 Å². The second kappa shape index (κ2) is 5.45. The van der Waals surface area contributed by atoms with E-state index in [0.29, 0.717) is 5.46 Å². The lowest BCUT2D eigenvalue weighted by Gasteiger charge is -2.31. The van der Waals surface area contributed by atoms with Crippen LogP contribution in [-0.2, 0) is 0 Å². The van der Waals surface area contributed by atoms with E-state index in [1.807, 2.05) is 0 Å². The van der Waals surface area contributed by atoms with Gasteiger partial charge in [-0.15, -0.1) is 0 Å². The van der Waals surface area contributed by atoms with Crippen LogP contribution in [0.2, 0.25) is 0 Å². The van der Waals surface area contributed by atoms with Gasteiger partial charge in [0.25, 0.3) is 0 Å². The first-order chi connectivity index (χ1) is 7.05. The zero-order chi connectivity index (χ0) is 13.0. The third kappa shape index (κ3) is 5.27. The van der Waals surface area contributed by atoms with E-state index in [9.17, 15) is 0 Å². The summed E-state index contributed by atoms with van der Waals surface area (Å²) in [6, 6.07) is 0. The summed E-state index contributed by atoms with van der Waals surface area (Å²) in [6.07, 6.45) is 2.77. The van der Waals surface area contributed by atoms with Gasteiger partial charge in [-0.1, -0.05) is 0 Å². The Hall–Kier alpha value is -0.885. The van der Waals surface area contributed by atoms with Crippen LogP contribution in [0.5, 0.6) is 0 Å². The summed E-state index contributed by atoms with van der Waals surface area (Å²) in [5.41, 5.74) is -1.63. The third-order valence-corrected chi connectivity index (χ3v) is 2.31. The van der Waals surface area contributed by atoms with Gasteiger partial charge in [0.15, 0.2) is 0 Å². The predicted octanol–water partition coefficient (Wildman–Crippen LogP) is -1.38. The Kier molecular flexibility index (Phi) is 5.14. The number of nitrogens with zero attached hydrogens (tertiary/aromatic N) is 1. The number of hydrogen-bond acceptors (Lipinski definition) is 5. The average molecular weight is 230 g/mol. The van der Waals surface area contributed by atoms with Crippen LogP contribution in [0.4, 0.5) is 0 Å². The van der Waals surface area contributed by atoms with Crippen LogP contribution in [0.3, 0.4) is 0 Å². The molecule has 0 amide bonds. The molecular weight excluding hydrogens is 211 g/mol. The van der Waals surface area contributed by atoms with Crippen molar-refractivity contribution in [2.75, 3.05) is 0 Å². The summed E-state index contributed by atoms with van der Waals surface area (Å²) in [5, 5.41) is 41.0. The highest BCUT2D eigenvalue weighted by Crippen LogP contribution is 2.19. The summed E-state index contributed by atoms with van der Waals surface area (Å²) in [6.45, 7) is 6.31. The lowest BCUT2D eigenvalue weighted by molar-refractivity contribution is -0.107. The molecule has 0 unspecified atom stereocenters. The Labute approximate surface area is 95.1 Å². The zero-order valence-corrected chi connectivity index (χ0v) is 9.97. The van der Waals surface area contributed by atoms with Crippen LogP contribution in [0.1, 0.15) is 27.7 Å². The molecular formula is C9H19BN2O4. The molecule has 5 N–H and O–H groups in total. The second-order valence-corrected chi connectivity index (χ2v) is 4.52. The molecule has 1 heterocycles. The predicted molar refractivity (Wildman–Crippen MR) is 61.0 cm³/mol. The Morgan fingerprint density at radius 1 is 1.12 bits per heavy atom. The van der Waals surface area contributed by atoms with Crippen molar-refractivity contribution in [2.45, 2.75) is 38.9 Å². The van der Waals surface area contributed by atoms with E-state index in [-0.39, 0.29) is 0 Å². The largest absolute Gasteiger partial charge is 0.491 e. The fraction of sp³-hybridized carbons (Fsp3) is 0.667. The fourth-order valence-electron chi connectivity index (χ4n) is 0.402. The Morgan fingerprint density at radius 2 is 1.56 bits per heavy atom. The van der Waals surface area contributed by atoms with Crippen molar-refractivity contribution in [3.05, 3.63) is 12.4 Å². The molecule has 0 atom stereocenters. The molecule has 92 valence electrons. The zero-order valence-electron chi connectivity index (χ0n) is 9.97. The van der Waals surface area contributed by atoms with Crippen molar-refractivity contribution in [3.8, 4) is 0 Å². The summed E-state index contributed by atoms with van der Waals surface area (Å²) < 4.78 is 0. The summed E-state index contributed by atoms with van der Waals surface area (Å²) in [4.78, 5) is 0. The highest BCUT2D eigenvalue weighted by atomic mass is 16.4. The molecule has 0 aliphatic heterocycles. The monoisotopic (exact) mass is 230 g/mol. The van der Waals surface area contributed by atoms with Crippen molar-refractivity contribution < 1.29 is 20.3 Å². The fourth-order valence-corrected chi connectivity index (χ4v) is 0.402. The Morgan fingerprint density at radius 3 is 1.69 bits per heavy atom. The van der Waals surface area contributed by atoms with E-state index in [1.165, 1.54) is 12.4 Å². The molecule has 0 bridgehead atoms. The Balaban J connectivity index is 0.000000281. The maximum Gasteiger partial charge on any atom is 0.491 e. The molecule has 6 nitrogen and oxygen atoms in total. The van der Waals surface area contributed by atoms with E-state index < -0.39 is 18.3 Å². The van der Waals surface area contributed by atoms with Crippen LogP contribution in [-0.4, -0.2) is 48.8 Å². The molecule has 0 fully saturated rings. The van der Waals surface area contributed by atoms with Crippen LogP contribution in [0.25, 0.3) is 0 Å². The molecule has 0 radical (unpaired) electrons. The molecule has 0 saturated carbocycles. The van der Waals surface area contributed by atoms with Gasteiger partial charge in [-0.25, -0.2) is 0 Å². The van der Waals surface area contributed by atoms with Crippen molar-refractivity contribution >= 4 is 12.6 Å². The van der Waals surface area contributed by atoms with Gasteiger partial charge in [-0.3, -0.25) is 5.10 Å². The van der Waals surface area contributed by atoms with Crippen LogP contribution >= 0.6 is 0 Å². The highest BCUT2D eigenvalue weighted by Gasteiger charge is 2.31. The van der Waals surface area contributed by atoms with Crippen LogP contribution < -0.4 is 5.46 Å². The number of rotatable bonds is 2. The van der Waals surface area contributed by atoms with Gasteiger partial charge in [0.2, 0.25) is 0 Å². The lowest BCUT2D eigenvalue weighted by atomic mass is 9.83. The lowest BCUT2D eigenvalue weighted by Crippen LogP contribution is -2.44. The maximum atomic E-state index is 9.10. The molecule has 0 spiro atoms. The quantitative estimate of drug-likeness (QED) is 0.402. The van der Waals surface area contributed by atoms with Gasteiger partial charge in [-0.2, -0.15) is 5.10 Å². The van der Waals surface area contributed by atoms with E-state index >= 15 is 0 Å². The number of aliphatic hydroxyl groups is 2. The Bertz CT molecular complexity index is 275. The number of H-pyrrole nitrogens is 1. The second-order valence-electron chi connectivity index (χ2n) is 4.52. The smallest absolute Gasteiger partial charge is 0.423 e. The van der Waals surface area contributed by atoms with Crippen molar-refractivity contribution in [3.63, 3.8) is 0 Å². The highest BCUT2D eigenvalue weighted by molar-refractivity contribution is 6.58. The maximum absolute atomic E-state index is 9.10. The molecule has 0 aliphatic rings. The minimum Gasteiger partial charge on any atom is -0.423 e. The van der Waals surface area contributed by atoms with Gasteiger partial charge in [0.05, 0.1) is 11.2 Å². The molecule has 1 aromatic rings. The first kappa shape index (κ1) is 15.1. The third-order valence-electron chi connectivity index (χ3n) is 2.31. The molecule has 0 aliphatic carbocycles. The molecule has 7 heteroatoms. The van der Waals surface area contributed by atoms with Gasteiger partial charge in [-0.05, 0) is 27.7 Å². The molecule has 1 rings (SSSR count).